The van der Waals surface area contributed by atoms with Crippen molar-refractivity contribution in [1.29, 1.82) is 0 Å². The second-order valence-corrected chi connectivity index (χ2v) is 8.56. The molecule has 9 heteroatoms. The zero-order valence-corrected chi connectivity index (χ0v) is 18.5. The lowest BCUT2D eigenvalue weighted by atomic mass is 9.72. The summed E-state index contributed by atoms with van der Waals surface area (Å²) in [5.74, 6) is -0.299. The number of hydrogen-bond acceptors (Lipinski definition) is 3. The van der Waals surface area contributed by atoms with Crippen LogP contribution in [0.5, 0.6) is 5.75 Å². The molecule has 1 heterocycles. The van der Waals surface area contributed by atoms with Crippen molar-refractivity contribution in [3.63, 3.8) is 0 Å². The molecule has 2 aromatic rings. The molecule has 0 N–H and O–H groups in total. The molecule has 1 fully saturated rings. The van der Waals surface area contributed by atoms with E-state index in [1.165, 1.54) is 30.3 Å². The Hall–Kier alpha value is -2.32. The molecule has 0 bridgehead atoms. The van der Waals surface area contributed by atoms with E-state index in [1.807, 2.05) is 6.92 Å². The second kappa shape index (κ2) is 9.67. The lowest BCUT2D eigenvalue weighted by Crippen LogP contribution is -2.49. The van der Waals surface area contributed by atoms with E-state index in [0.29, 0.717) is 12.1 Å². The maximum atomic E-state index is 13.3. The maximum Gasteiger partial charge on any atom is 0.522 e. The molecule has 4 nitrogen and oxygen atoms in total. The van der Waals surface area contributed by atoms with Crippen molar-refractivity contribution < 1.29 is 31.8 Å². The van der Waals surface area contributed by atoms with Gasteiger partial charge in [-0.15, -0.1) is 13.2 Å². The van der Waals surface area contributed by atoms with Crippen molar-refractivity contribution in [1.82, 2.24) is 4.90 Å². The molecule has 0 radical (unpaired) electrons. The Kier molecular flexibility index (Phi) is 7.35. The largest absolute Gasteiger partial charge is 0.522 e. The molecule has 2 unspecified atom stereocenters. The van der Waals surface area contributed by atoms with Crippen LogP contribution >= 0.6 is 11.6 Å². The number of likely N-dealkylation sites (tertiary alicyclic amines) is 1. The van der Waals surface area contributed by atoms with Gasteiger partial charge in [-0.25, -0.2) is 4.39 Å². The normalized spacial score (nSPS) is 21.5. The van der Waals surface area contributed by atoms with Gasteiger partial charge in [0, 0.05) is 18.2 Å². The number of nitrogens with zero attached hydrogens (tertiary/aromatic N) is 1. The standard InChI is InChI=1S/C23H24ClF4NO3/c1-15-14-22(2,17-4-6-18(25)7-5-17)9-10-29(15)21(30)16-3-8-20(19(24)13-16)31-11-12-32-23(26,27)28/h3-8,13,15H,9-12,14H2,1-2H3. The molecular weight excluding hydrogens is 450 g/mol. The van der Waals surface area contributed by atoms with Gasteiger partial charge in [0.2, 0.25) is 0 Å². The highest BCUT2D eigenvalue weighted by atomic mass is 35.5. The van der Waals surface area contributed by atoms with Gasteiger partial charge in [-0.2, -0.15) is 0 Å². The van der Waals surface area contributed by atoms with Crippen LogP contribution in [0, 0.1) is 5.82 Å². The van der Waals surface area contributed by atoms with Crippen LogP contribution < -0.4 is 4.74 Å². The summed E-state index contributed by atoms with van der Waals surface area (Å²) in [4.78, 5) is 14.8. The van der Waals surface area contributed by atoms with Crippen LogP contribution in [-0.2, 0) is 10.2 Å². The Bertz CT molecular complexity index is 951. The predicted molar refractivity (Wildman–Crippen MR) is 112 cm³/mol. The number of rotatable bonds is 6. The number of hydrogen-bond donors (Lipinski definition) is 0. The minimum Gasteiger partial charge on any atom is -0.490 e. The van der Waals surface area contributed by atoms with Gasteiger partial charge in [0.05, 0.1) is 11.6 Å². The molecule has 1 saturated heterocycles. The van der Waals surface area contributed by atoms with Gasteiger partial charge in [-0.05, 0) is 61.1 Å². The summed E-state index contributed by atoms with van der Waals surface area (Å²) in [6, 6.07) is 10.9. The molecular formula is C23H24ClF4NO3. The highest BCUT2D eigenvalue weighted by molar-refractivity contribution is 6.32. The average Bonchev–Trinajstić information content (AvgIpc) is 2.71. The Morgan fingerprint density at radius 3 is 2.47 bits per heavy atom. The van der Waals surface area contributed by atoms with Gasteiger partial charge in [0.1, 0.15) is 18.2 Å². The third kappa shape index (κ3) is 5.92. The summed E-state index contributed by atoms with van der Waals surface area (Å²) in [7, 11) is 0. The summed E-state index contributed by atoms with van der Waals surface area (Å²) in [5, 5.41) is 0.128. The minimum absolute atomic E-state index is 0.0551. The van der Waals surface area contributed by atoms with Crippen LogP contribution in [0.25, 0.3) is 0 Å². The highest BCUT2D eigenvalue weighted by Gasteiger charge is 2.38. The van der Waals surface area contributed by atoms with E-state index in [2.05, 4.69) is 11.7 Å². The van der Waals surface area contributed by atoms with Crippen molar-refractivity contribution in [2.45, 2.75) is 44.5 Å². The zero-order chi connectivity index (χ0) is 23.5. The number of halogens is 5. The van der Waals surface area contributed by atoms with Crippen molar-refractivity contribution >= 4 is 17.5 Å². The van der Waals surface area contributed by atoms with E-state index in [-0.39, 0.29) is 40.6 Å². The molecule has 0 spiro atoms. The molecule has 0 aliphatic carbocycles. The fourth-order valence-corrected chi connectivity index (χ4v) is 4.33. The van der Waals surface area contributed by atoms with E-state index < -0.39 is 13.0 Å². The maximum absolute atomic E-state index is 13.3. The fraction of sp³-hybridized carbons (Fsp3) is 0.435. The first kappa shape index (κ1) is 24.3. The summed E-state index contributed by atoms with van der Waals surface area (Å²) in [6.45, 7) is 3.61. The van der Waals surface area contributed by atoms with E-state index in [1.54, 1.807) is 17.0 Å². The Morgan fingerprint density at radius 2 is 1.88 bits per heavy atom. The first-order valence-corrected chi connectivity index (χ1v) is 10.6. The summed E-state index contributed by atoms with van der Waals surface area (Å²) in [6.07, 6.45) is -3.28. The number of carbonyl (C=O) groups excluding carboxylic acids is 1. The van der Waals surface area contributed by atoms with Gasteiger partial charge in [-0.1, -0.05) is 30.7 Å². The number of ether oxygens (including phenoxy) is 2. The summed E-state index contributed by atoms with van der Waals surface area (Å²) >= 11 is 6.17. The first-order valence-electron chi connectivity index (χ1n) is 10.2. The Labute approximate surface area is 189 Å². The molecule has 1 aliphatic heterocycles. The lowest BCUT2D eigenvalue weighted by molar-refractivity contribution is -0.325. The molecule has 32 heavy (non-hydrogen) atoms. The van der Waals surface area contributed by atoms with Crippen molar-refractivity contribution in [3.8, 4) is 5.75 Å². The van der Waals surface area contributed by atoms with Crippen LogP contribution in [0.1, 0.15) is 42.6 Å². The predicted octanol–water partition coefficient (Wildman–Crippen LogP) is 5.98. The third-order valence-corrected chi connectivity index (χ3v) is 6.07. The van der Waals surface area contributed by atoms with Gasteiger partial charge < -0.3 is 9.64 Å². The highest BCUT2D eigenvalue weighted by Crippen LogP contribution is 2.38. The SMILES string of the molecule is CC1CC(C)(c2ccc(F)cc2)CCN1C(=O)c1ccc(OCCOC(F)(F)F)c(Cl)c1. The monoisotopic (exact) mass is 473 g/mol. The van der Waals surface area contributed by atoms with Crippen molar-refractivity contribution in [2.75, 3.05) is 19.8 Å². The second-order valence-electron chi connectivity index (χ2n) is 8.16. The zero-order valence-electron chi connectivity index (χ0n) is 17.7. The van der Waals surface area contributed by atoms with Gasteiger partial charge in [0.15, 0.2) is 0 Å². The number of carbonyl (C=O) groups is 1. The van der Waals surface area contributed by atoms with Crippen LogP contribution in [-0.4, -0.2) is 43.0 Å². The van der Waals surface area contributed by atoms with Crippen molar-refractivity contribution in [2.24, 2.45) is 0 Å². The average molecular weight is 474 g/mol. The van der Waals surface area contributed by atoms with Crippen molar-refractivity contribution in [3.05, 3.63) is 64.4 Å². The van der Waals surface area contributed by atoms with Gasteiger partial charge in [0.25, 0.3) is 5.91 Å². The summed E-state index contributed by atoms with van der Waals surface area (Å²) in [5.41, 5.74) is 1.24. The lowest BCUT2D eigenvalue weighted by Gasteiger charge is -2.44. The van der Waals surface area contributed by atoms with E-state index in [9.17, 15) is 22.4 Å². The molecule has 2 atom stereocenters. The molecule has 0 aromatic heterocycles. The van der Waals surface area contributed by atoms with E-state index in [0.717, 1.165) is 18.4 Å². The van der Waals surface area contributed by atoms with E-state index >= 15 is 0 Å². The smallest absolute Gasteiger partial charge is 0.490 e. The van der Waals surface area contributed by atoms with Crippen LogP contribution in [0.4, 0.5) is 17.6 Å². The Morgan fingerprint density at radius 1 is 1.19 bits per heavy atom. The number of alkyl halides is 3. The molecule has 174 valence electrons. The molecule has 2 aromatic carbocycles. The topological polar surface area (TPSA) is 38.8 Å². The molecule has 1 amide bonds. The quantitative estimate of drug-likeness (QED) is 0.383. The Balaban J connectivity index is 1.62. The fourth-order valence-electron chi connectivity index (χ4n) is 4.09. The third-order valence-electron chi connectivity index (χ3n) is 5.77. The van der Waals surface area contributed by atoms with E-state index in [4.69, 9.17) is 16.3 Å². The number of benzene rings is 2. The first-order chi connectivity index (χ1) is 15.0. The van der Waals surface area contributed by atoms with Crippen LogP contribution in [0.3, 0.4) is 0 Å². The molecule has 3 rings (SSSR count). The number of piperidine rings is 1. The molecule has 0 saturated carbocycles. The minimum atomic E-state index is -4.72. The van der Waals surface area contributed by atoms with Crippen LogP contribution in [0.2, 0.25) is 5.02 Å². The summed E-state index contributed by atoms with van der Waals surface area (Å²) < 4.78 is 58.2. The molecule has 1 aliphatic rings. The van der Waals surface area contributed by atoms with Gasteiger partial charge >= 0.3 is 6.36 Å². The number of amides is 1. The van der Waals surface area contributed by atoms with Gasteiger partial charge in [-0.3, -0.25) is 9.53 Å². The van der Waals surface area contributed by atoms with Crippen LogP contribution in [0.15, 0.2) is 42.5 Å².